The number of nitrogens with zero attached hydrogens (tertiary/aromatic N) is 1. The van der Waals surface area contributed by atoms with E-state index in [-0.39, 0.29) is 11.3 Å². The van der Waals surface area contributed by atoms with Crippen LogP contribution < -0.4 is 5.73 Å². The maximum Gasteiger partial charge on any atom is 0.169 e. The number of rotatable bonds is 2. The fourth-order valence-electron chi connectivity index (χ4n) is 3.15. The monoisotopic (exact) mass is 305 g/mol. The van der Waals surface area contributed by atoms with Gasteiger partial charge in [-0.25, -0.2) is 4.98 Å². The van der Waals surface area contributed by atoms with E-state index in [1.54, 1.807) is 11.8 Å². The Bertz CT molecular complexity index is 606. The minimum absolute atomic E-state index is 0.154. The van der Waals surface area contributed by atoms with Gasteiger partial charge in [-0.1, -0.05) is 23.9 Å². The van der Waals surface area contributed by atoms with Gasteiger partial charge in [0.25, 0.3) is 0 Å². The van der Waals surface area contributed by atoms with Crippen LogP contribution in [0.5, 0.6) is 0 Å². The third kappa shape index (κ3) is 2.57. The lowest BCUT2D eigenvalue weighted by molar-refractivity contribution is -0.176. The highest BCUT2D eigenvalue weighted by Gasteiger charge is 2.44. The number of para-hydroxylation sites is 2. The Balaban J connectivity index is 1.54. The van der Waals surface area contributed by atoms with E-state index in [0.717, 1.165) is 35.5 Å². The molecule has 0 amide bonds. The van der Waals surface area contributed by atoms with Crippen molar-refractivity contribution in [3.8, 4) is 0 Å². The molecule has 3 N–H and O–H groups in total. The predicted octanol–water partition coefficient (Wildman–Crippen LogP) is 2.28. The van der Waals surface area contributed by atoms with E-state index in [0.29, 0.717) is 13.2 Å². The number of aromatic amines is 1. The molecule has 1 saturated heterocycles. The van der Waals surface area contributed by atoms with Gasteiger partial charge in [0.15, 0.2) is 10.9 Å². The summed E-state index contributed by atoms with van der Waals surface area (Å²) in [5.41, 5.74) is 8.35. The van der Waals surface area contributed by atoms with Crippen LogP contribution in [0.1, 0.15) is 19.3 Å². The summed E-state index contributed by atoms with van der Waals surface area (Å²) in [5, 5.41) is 1.18. The largest absolute Gasteiger partial charge is 0.347 e. The van der Waals surface area contributed by atoms with Crippen LogP contribution in [0, 0.1) is 0 Å². The van der Waals surface area contributed by atoms with E-state index in [2.05, 4.69) is 9.97 Å². The molecule has 21 heavy (non-hydrogen) atoms. The molecule has 2 fully saturated rings. The summed E-state index contributed by atoms with van der Waals surface area (Å²) < 4.78 is 11.7. The zero-order valence-electron chi connectivity index (χ0n) is 11.7. The van der Waals surface area contributed by atoms with Gasteiger partial charge >= 0.3 is 0 Å². The molecule has 1 aliphatic heterocycles. The van der Waals surface area contributed by atoms with Crippen molar-refractivity contribution >= 4 is 22.8 Å². The van der Waals surface area contributed by atoms with Crippen molar-refractivity contribution < 1.29 is 9.47 Å². The van der Waals surface area contributed by atoms with Crippen molar-refractivity contribution in [2.24, 2.45) is 5.73 Å². The molecule has 2 aliphatic rings. The van der Waals surface area contributed by atoms with Crippen LogP contribution in [0.3, 0.4) is 0 Å². The minimum Gasteiger partial charge on any atom is -0.347 e. The smallest absolute Gasteiger partial charge is 0.169 e. The lowest BCUT2D eigenvalue weighted by Gasteiger charge is -2.38. The lowest BCUT2D eigenvalue weighted by atomic mass is 9.90. The first kappa shape index (κ1) is 13.6. The van der Waals surface area contributed by atoms with Crippen LogP contribution in [0.15, 0.2) is 29.4 Å². The van der Waals surface area contributed by atoms with Gasteiger partial charge in [0.05, 0.1) is 24.2 Å². The van der Waals surface area contributed by atoms with E-state index >= 15 is 0 Å². The third-order valence-corrected chi connectivity index (χ3v) is 5.53. The van der Waals surface area contributed by atoms with Crippen molar-refractivity contribution in [1.29, 1.82) is 0 Å². The van der Waals surface area contributed by atoms with Crippen LogP contribution in [0.25, 0.3) is 11.0 Å². The molecule has 2 unspecified atom stereocenters. The lowest BCUT2D eigenvalue weighted by Crippen LogP contribution is -2.47. The molecular weight excluding hydrogens is 286 g/mol. The fourth-order valence-corrected chi connectivity index (χ4v) is 4.40. The van der Waals surface area contributed by atoms with Crippen molar-refractivity contribution in [2.45, 2.75) is 41.5 Å². The molecule has 1 aliphatic carbocycles. The highest BCUT2D eigenvalue weighted by Crippen LogP contribution is 2.41. The Morgan fingerprint density at radius 3 is 2.90 bits per heavy atom. The average Bonchev–Trinajstić information content (AvgIpc) is 3.09. The molecule has 2 atom stereocenters. The van der Waals surface area contributed by atoms with Gasteiger partial charge in [0, 0.05) is 24.1 Å². The summed E-state index contributed by atoms with van der Waals surface area (Å²) in [6.07, 6.45) is 2.65. The van der Waals surface area contributed by atoms with E-state index in [4.69, 9.17) is 15.2 Å². The van der Waals surface area contributed by atoms with E-state index in [1.807, 2.05) is 24.3 Å². The van der Waals surface area contributed by atoms with E-state index in [1.165, 1.54) is 0 Å². The summed E-state index contributed by atoms with van der Waals surface area (Å²) in [4.78, 5) is 7.98. The second-order valence-corrected chi connectivity index (χ2v) is 6.96. The number of aromatic nitrogens is 2. The number of thioether (sulfide) groups is 1. The maximum absolute atomic E-state index is 6.30. The number of imidazole rings is 1. The van der Waals surface area contributed by atoms with Gasteiger partial charge in [-0.15, -0.1) is 0 Å². The third-order valence-electron chi connectivity index (χ3n) is 4.29. The molecule has 4 rings (SSSR count). The number of H-pyrrole nitrogens is 1. The molecule has 2 heterocycles. The Morgan fingerprint density at radius 1 is 1.29 bits per heavy atom. The van der Waals surface area contributed by atoms with Crippen LogP contribution in [-0.4, -0.2) is 40.3 Å². The predicted molar refractivity (Wildman–Crippen MR) is 82.2 cm³/mol. The molecule has 5 nitrogen and oxygen atoms in total. The number of hydrogen-bond donors (Lipinski definition) is 2. The number of benzene rings is 1. The second-order valence-electron chi connectivity index (χ2n) is 5.73. The SMILES string of the molecule is NC1CCC2(CC1Sc1nc3ccccc3[nH]1)OCCO2. The zero-order valence-corrected chi connectivity index (χ0v) is 12.6. The highest BCUT2D eigenvalue weighted by molar-refractivity contribution is 7.99. The number of nitrogens with one attached hydrogen (secondary N) is 1. The summed E-state index contributed by atoms with van der Waals surface area (Å²) in [6, 6.07) is 8.22. The highest BCUT2D eigenvalue weighted by atomic mass is 32.2. The van der Waals surface area contributed by atoms with Crippen molar-refractivity contribution in [1.82, 2.24) is 9.97 Å². The number of nitrogens with two attached hydrogens (primary N) is 1. The van der Waals surface area contributed by atoms with E-state index in [9.17, 15) is 0 Å². The Kier molecular flexibility index (Phi) is 3.41. The van der Waals surface area contributed by atoms with Crippen LogP contribution in [0.4, 0.5) is 0 Å². The van der Waals surface area contributed by atoms with Crippen molar-refractivity contribution in [3.05, 3.63) is 24.3 Å². The first-order valence-electron chi connectivity index (χ1n) is 7.39. The minimum atomic E-state index is -0.403. The molecule has 6 heteroatoms. The van der Waals surface area contributed by atoms with Gasteiger partial charge in [-0.05, 0) is 18.6 Å². The number of ether oxygens (including phenoxy) is 2. The Morgan fingerprint density at radius 2 is 2.10 bits per heavy atom. The molecule has 0 radical (unpaired) electrons. The average molecular weight is 305 g/mol. The van der Waals surface area contributed by atoms with Crippen LogP contribution >= 0.6 is 11.8 Å². The van der Waals surface area contributed by atoms with Gasteiger partial charge < -0.3 is 20.2 Å². The van der Waals surface area contributed by atoms with Crippen LogP contribution in [-0.2, 0) is 9.47 Å². The fraction of sp³-hybridized carbons (Fsp3) is 0.533. The molecule has 112 valence electrons. The van der Waals surface area contributed by atoms with Crippen LogP contribution in [0.2, 0.25) is 0 Å². The molecule has 0 bridgehead atoms. The van der Waals surface area contributed by atoms with Gasteiger partial charge in [0.2, 0.25) is 0 Å². The molecule has 1 spiro atoms. The Hall–Kier alpha value is -1.08. The molecule has 1 aromatic heterocycles. The topological polar surface area (TPSA) is 73.2 Å². The summed E-state index contributed by atoms with van der Waals surface area (Å²) in [7, 11) is 0. The van der Waals surface area contributed by atoms with E-state index < -0.39 is 5.79 Å². The maximum atomic E-state index is 6.30. The Labute approximate surface area is 127 Å². The van der Waals surface area contributed by atoms with Gasteiger partial charge in [0.1, 0.15) is 0 Å². The molecule has 2 aromatic rings. The van der Waals surface area contributed by atoms with Gasteiger partial charge in [-0.2, -0.15) is 0 Å². The first-order valence-corrected chi connectivity index (χ1v) is 8.27. The molecular formula is C15H19N3O2S. The standard InChI is InChI=1S/C15H19N3O2S/c16-10-5-6-15(19-7-8-20-15)9-13(10)21-14-17-11-3-1-2-4-12(11)18-14/h1-4,10,13H,5-9,16H2,(H,17,18). The zero-order chi connectivity index (χ0) is 14.3. The first-order chi connectivity index (χ1) is 10.2. The quantitative estimate of drug-likeness (QED) is 0.890. The number of hydrogen-bond acceptors (Lipinski definition) is 5. The van der Waals surface area contributed by atoms with Crippen molar-refractivity contribution in [2.75, 3.05) is 13.2 Å². The number of fused-ring (bicyclic) bond motifs is 1. The van der Waals surface area contributed by atoms with Crippen molar-refractivity contribution in [3.63, 3.8) is 0 Å². The molecule has 1 aromatic carbocycles. The second kappa shape index (κ2) is 5.28. The summed E-state index contributed by atoms with van der Waals surface area (Å²) in [5.74, 6) is -0.403. The normalized spacial score (nSPS) is 28.4. The summed E-state index contributed by atoms with van der Waals surface area (Å²) >= 11 is 1.71. The molecule has 1 saturated carbocycles. The van der Waals surface area contributed by atoms with Gasteiger partial charge in [-0.3, -0.25) is 0 Å². The summed E-state index contributed by atoms with van der Waals surface area (Å²) in [6.45, 7) is 1.38.